The molecular weight excluding hydrogens is 352 g/mol. The van der Waals surface area contributed by atoms with E-state index < -0.39 is 23.8 Å². The molecule has 0 saturated heterocycles. The molecule has 0 unspecified atom stereocenters. The predicted molar refractivity (Wildman–Crippen MR) is 103 cm³/mol. The van der Waals surface area contributed by atoms with Crippen LogP contribution < -0.4 is 11.1 Å². The Balaban J connectivity index is 2.09. The van der Waals surface area contributed by atoms with Crippen LogP contribution in [0.3, 0.4) is 0 Å². The van der Waals surface area contributed by atoms with Crippen LogP contribution in [0.5, 0.6) is 0 Å². The van der Waals surface area contributed by atoms with Crippen LogP contribution in [-0.2, 0) is 16.0 Å². The highest BCUT2D eigenvalue weighted by Gasteiger charge is 2.36. The van der Waals surface area contributed by atoms with Crippen molar-refractivity contribution in [1.82, 2.24) is 5.32 Å². The lowest BCUT2D eigenvalue weighted by atomic mass is 9.66. The fourth-order valence-electron chi connectivity index (χ4n) is 4.17. The second kappa shape index (κ2) is 9.38. The van der Waals surface area contributed by atoms with Crippen molar-refractivity contribution in [3.8, 4) is 0 Å². The minimum Gasteiger partial charge on any atom is -0.393 e. The van der Waals surface area contributed by atoms with Gasteiger partial charge < -0.3 is 16.2 Å². The van der Waals surface area contributed by atoms with E-state index in [0.29, 0.717) is 11.4 Å². The van der Waals surface area contributed by atoms with Crippen molar-refractivity contribution in [2.75, 3.05) is 7.05 Å². The highest BCUT2D eigenvalue weighted by Crippen LogP contribution is 2.43. The number of hydrogen-bond donors (Lipinski definition) is 3. The molecule has 2 atom stereocenters. The number of aliphatic hydroxyl groups excluding tert-OH is 1. The first kappa shape index (κ1) is 20.7. The maximum atomic E-state index is 11.8. The van der Waals surface area contributed by atoms with E-state index in [9.17, 15) is 14.7 Å². The summed E-state index contributed by atoms with van der Waals surface area (Å²) in [4.78, 5) is 23.4. The number of amides is 2. The molecule has 2 amide bonds. The Morgan fingerprint density at radius 3 is 2.38 bits per heavy atom. The molecule has 0 spiro atoms. The number of rotatable bonds is 8. The molecule has 144 valence electrons. The van der Waals surface area contributed by atoms with Crippen molar-refractivity contribution in [2.45, 2.75) is 57.5 Å². The molecule has 4 N–H and O–H groups in total. The van der Waals surface area contributed by atoms with Gasteiger partial charge in [-0.15, -0.1) is 0 Å². The molecule has 1 aliphatic carbocycles. The normalized spacial score (nSPS) is 18.7. The summed E-state index contributed by atoms with van der Waals surface area (Å²) in [6.45, 7) is 0. The first-order valence-corrected chi connectivity index (χ1v) is 9.66. The number of carbonyl (C=O) groups excluding carboxylic acids is 2. The quantitative estimate of drug-likeness (QED) is 0.605. The van der Waals surface area contributed by atoms with Gasteiger partial charge in [0.05, 0.1) is 6.10 Å². The Labute approximate surface area is 160 Å². The lowest BCUT2D eigenvalue weighted by Crippen LogP contribution is -2.40. The number of hydrogen-bond acceptors (Lipinski definition) is 3. The van der Waals surface area contributed by atoms with Crippen LogP contribution in [0.2, 0.25) is 5.02 Å². The van der Waals surface area contributed by atoms with E-state index in [2.05, 4.69) is 5.32 Å². The van der Waals surface area contributed by atoms with Crippen LogP contribution in [0.25, 0.3) is 0 Å². The lowest BCUT2D eigenvalue weighted by Gasteiger charge is -2.39. The second-order valence-corrected chi connectivity index (χ2v) is 7.96. The number of halogens is 1. The van der Waals surface area contributed by atoms with Crippen molar-refractivity contribution in [3.05, 3.63) is 34.9 Å². The molecule has 2 rings (SSSR count). The Bertz CT molecular complexity index is 612. The molecule has 1 aromatic rings. The Morgan fingerprint density at radius 1 is 1.23 bits per heavy atom. The monoisotopic (exact) mass is 380 g/mol. The second-order valence-electron chi connectivity index (χ2n) is 7.53. The fraction of sp³-hybridized carbons (Fsp3) is 0.600. The minimum atomic E-state index is -0.994. The van der Waals surface area contributed by atoms with Crippen LogP contribution in [-0.4, -0.2) is 30.1 Å². The van der Waals surface area contributed by atoms with Gasteiger partial charge in [0.1, 0.15) is 5.92 Å². The van der Waals surface area contributed by atoms with Gasteiger partial charge in [0.25, 0.3) is 0 Å². The summed E-state index contributed by atoms with van der Waals surface area (Å²) in [6, 6.07) is 7.83. The number of nitrogens with two attached hydrogens (primary N) is 1. The summed E-state index contributed by atoms with van der Waals surface area (Å²) in [5, 5.41) is 13.8. The SMILES string of the molecule is CNC(=O)[C@H](C[C@@H](O)CC1(Cc2ccc(Cl)cc2)CCCCC1)C(N)=O. The van der Waals surface area contributed by atoms with Crippen LogP contribution in [0.4, 0.5) is 0 Å². The molecule has 1 aliphatic rings. The number of primary amides is 1. The predicted octanol–water partition coefficient (Wildman–Crippen LogP) is 2.82. The summed E-state index contributed by atoms with van der Waals surface area (Å²) >= 11 is 5.98. The third kappa shape index (κ3) is 5.71. The third-order valence-electron chi connectivity index (χ3n) is 5.49. The molecule has 0 radical (unpaired) electrons. The third-order valence-corrected chi connectivity index (χ3v) is 5.74. The van der Waals surface area contributed by atoms with E-state index in [4.69, 9.17) is 17.3 Å². The van der Waals surface area contributed by atoms with E-state index >= 15 is 0 Å². The first-order chi connectivity index (χ1) is 12.3. The van der Waals surface area contributed by atoms with Crippen LogP contribution in [0, 0.1) is 11.3 Å². The van der Waals surface area contributed by atoms with Gasteiger partial charge in [-0.3, -0.25) is 9.59 Å². The van der Waals surface area contributed by atoms with Gasteiger partial charge in [0.15, 0.2) is 0 Å². The van der Waals surface area contributed by atoms with Gasteiger partial charge in [-0.1, -0.05) is 43.0 Å². The molecule has 6 heteroatoms. The Morgan fingerprint density at radius 2 is 1.85 bits per heavy atom. The van der Waals surface area contributed by atoms with Crippen molar-refractivity contribution < 1.29 is 14.7 Å². The van der Waals surface area contributed by atoms with Gasteiger partial charge in [-0.25, -0.2) is 0 Å². The molecule has 1 fully saturated rings. The molecule has 0 heterocycles. The summed E-state index contributed by atoms with van der Waals surface area (Å²) in [6.07, 6.45) is 6.30. The molecule has 1 aromatic carbocycles. The van der Waals surface area contributed by atoms with Gasteiger partial charge >= 0.3 is 0 Å². The molecule has 0 bridgehead atoms. The highest BCUT2D eigenvalue weighted by atomic mass is 35.5. The van der Waals surface area contributed by atoms with Crippen molar-refractivity contribution in [3.63, 3.8) is 0 Å². The van der Waals surface area contributed by atoms with Gasteiger partial charge in [-0.2, -0.15) is 0 Å². The summed E-state index contributed by atoms with van der Waals surface area (Å²) in [7, 11) is 1.47. The lowest BCUT2D eigenvalue weighted by molar-refractivity contribution is -0.134. The number of benzene rings is 1. The standard InChI is InChI=1S/C20H29ClN2O3/c1-23-19(26)17(18(22)25)11-16(24)13-20(9-3-2-4-10-20)12-14-5-7-15(21)8-6-14/h5-8,16-17,24H,2-4,9-13H2,1H3,(H2,22,25)(H,23,26)/t16-,17-/m1/s1. The zero-order valence-electron chi connectivity index (χ0n) is 15.3. The topological polar surface area (TPSA) is 92.4 Å². The Hall–Kier alpha value is -1.59. The molecule has 26 heavy (non-hydrogen) atoms. The average molecular weight is 381 g/mol. The highest BCUT2D eigenvalue weighted by molar-refractivity contribution is 6.30. The zero-order valence-corrected chi connectivity index (χ0v) is 16.1. The maximum absolute atomic E-state index is 11.8. The summed E-state index contributed by atoms with van der Waals surface area (Å²) < 4.78 is 0. The Kier molecular flexibility index (Phi) is 7.47. The number of carbonyl (C=O) groups is 2. The molecule has 0 aromatic heterocycles. The van der Waals surface area contributed by atoms with E-state index in [1.807, 2.05) is 24.3 Å². The van der Waals surface area contributed by atoms with Crippen molar-refractivity contribution in [2.24, 2.45) is 17.1 Å². The maximum Gasteiger partial charge on any atom is 0.232 e. The molecule has 0 aliphatic heterocycles. The minimum absolute atomic E-state index is 0.0175. The van der Waals surface area contributed by atoms with Gasteiger partial charge in [0, 0.05) is 12.1 Å². The smallest absolute Gasteiger partial charge is 0.232 e. The van der Waals surface area contributed by atoms with Crippen molar-refractivity contribution in [1.29, 1.82) is 0 Å². The van der Waals surface area contributed by atoms with Crippen LogP contribution >= 0.6 is 11.6 Å². The fourth-order valence-corrected chi connectivity index (χ4v) is 4.30. The number of nitrogens with one attached hydrogen (secondary N) is 1. The van der Waals surface area contributed by atoms with Crippen molar-refractivity contribution >= 4 is 23.4 Å². The van der Waals surface area contributed by atoms with Gasteiger partial charge in [-0.05, 0) is 55.2 Å². The largest absolute Gasteiger partial charge is 0.393 e. The average Bonchev–Trinajstić information content (AvgIpc) is 2.61. The zero-order chi connectivity index (χ0) is 19.2. The first-order valence-electron chi connectivity index (χ1n) is 9.29. The van der Waals surface area contributed by atoms with Crippen LogP contribution in [0.1, 0.15) is 50.5 Å². The van der Waals surface area contributed by atoms with Gasteiger partial charge in [0.2, 0.25) is 11.8 Å². The van der Waals surface area contributed by atoms with E-state index in [1.165, 1.54) is 19.0 Å². The molecular formula is C20H29ClN2O3. The summed E-state index contributed by atoms with van der Waals surface area (Å²) in [5.41, 5.74) is 6.52. The number of aliphatic hydroxyl groups is 1. The van der Waals surface area contributed by atoms with E-state index in [-0.39, 0.29) is 11.8 Å². The van der Waals surface area contributed by atoms with E-state index in [0.717, 1.165) is 32.1 Å². The van der Waals surface area contributed by atoms with E-state index in [1.54, 1.807) is 0 Å². The summed E-state index contributed by atoms with van der Waals surface area (Å²) in [5.74, 6) is -2.13. The van der Waals surface area contributed by atoms with Crippen LogP contribution in [0.15, 0.2) is 24.3 Å². The molecule has 5 nitrogen and oxygen atoms in total. The molecule has 1 saturated carbocycles.